The van der Waals surface area contributed by atoms with Crippen molar-refractivity contribution in [3.63, 3.8) is 0 Å². The van der Waals surface area contributed by atoms with Gasteiger partial charge in [0.1, 0.15) is 0 Å². The summed E-state index contributed by atoms with van der Waals surface area (Å²) in [5.74, 6) is 1.26. The van der Waals surface area contributed by atoms with Gasteiger partial charge in [0.2, 0.25) is 0 Å². The molecule has 1 fully saturated rings. The van der Waals surface area contributed by atoms with E-state index >= 15 is 0 Å². The molecular weight excluding hydrogens is 250 g/mol. The molecule has 0 aromatic carbocycles. The predicted octanol–water partition coefficient (Wildman–Crippen LogP) is 2.33. The van der Waals surface area contributed by atoms with Gasteiger partial charge in [-0.25, -0.2) is 0 Å². The number of hydrogen-bond acceptors (Lipinski definition) is 3. The SMILES string of the molecule is COc1cnn(CCN(C)C)c1C1CCCC1Cl. The van der Waals surface area contributed by atoms with Crippen molar-refractivity contribution in [2.75, 3.05) is 27.7 Å². The van der Waals surface area contributed by atoms with Crippen molar-refractivity contribution >= 4 is 11.6 Å². The fourth-order valence-electron chi connectivity index (χ4n) is 2.60. The van der Waals surface area contributed by atoms with Crippen LogP contribution >= 0.6 is 11.6 Å². The molecule has 1 aliphatic rings. The van der Waals surface area contributed by atoms with Gasteiger partial charge in [-0.1, -0.05) is 6.42 Å². The Morgan fingerprint density at radius 2 is 2.28 bits per heavy atom. The molecule has 1 saturated carbocycles. The highest BCUT2D eigenvalue weighted by molar-refractivity contribution is 6.21. The molecule has 0 saturated heterocycles. The molecule has 0 N–H and O–H groups in total. The third-order valence-electron chi connectivity index (χ3n) is 3.61. The third-order valence-corrected chi connectivity index (χ3v) is 4.13. The van der Waals surface area contributed by atoms with Gasteiger partial charge in [0.25, 0.3) is 0 Å². The maximum absolute atomic E-state index is 6.43. The monoisotopic (exact) mass is 271 g/mol. The number of aromatic nitrogens is 2. The topological polar surface area (TPSA) is 30.3 Å². The van der Waals surface area contributed by atoms with Crippen LogP contribution in [0.4, 0.5) is 0 Å². The van der Waals surface area contributed by atoms with Crippen LogP contribution in [0.25, 0.3) is 0 Å². The van der Waals surface area contributed by atoms with E-state index < -0.39 is 0 Å². The number of methoxy groups -OCH3 is 1. The highest BCUT2D eigenvalue weighted by atomic mass is 35.5. The zero-order valence-electron chi connectivity index (χ0n) is 11.4. The number of nitrogens with zero attached hydrogens (tertiary/aromatic N) is 3. The summed E-state index contributed by atoms with van der Waals surface area (Å²) >= 11 is 6.43. The average molecular weight is 272 g/mol. The zero-order chi connectivity index (χ0) is 13.1. The van der Waals surface area contributed by atoms with Crippen LogP contribution in [0.2, 0.25) is 0 Å². The summed E-state index contributed by atoms with van der Waals surface area (Å²) in [6, 6.07) is 0. The van der Waals surface area contributed by atoms with Crippen molar-refractivity contribution in [1.29, 1.82) is 0 Å². The van der Waals surface area contributed by atoms with Gasteiger partial charge in [-0.15, -0.1) is 11.6 Å². The first kappa shape index (κ1) is 13.7. The lowest BCUT2D eigenvalue weighted by atomic mass is 10.0. The van der Waals surface area contributed by atoms with E-state index in [2.05, 4.69) is 28.8 Å². The van der Waals surface area contributed by atoms with Crippen LogP contribution in [0.1, 0.15) is 30.9 Å². The lowest BCUT2D eigenvalue weighted by Crippen LogP contribution is -2.22. The molecule has 2 rings (SSSR count). The highest BCUT2D eigenvalue weighted by Gasteiger charge is 2.32. The Hall–Kier alpha value is -0.740. The van der Waals surface area contributed by atoms with E-state index in [1.165, 1.54) is 12.1 Å². The van der Waals surface area contributed by atoms with Crippen LogP contribution in [-0.2, 0) is 6.54 Å². The number of hydrogen-bond donors (Lipinski definition) is 0. The van der Waals surface area contributed by atoms with Crippen LogP contribution in [0.5, 0.6) is 5.75 Å². The summed E-state index contributed by atoms with van der Waals surface area (Å²) < 4.78 is 7.50. The zero-order valence-corrected chi connectivity index (χ0v) is 12.2. The van der Waals surface area contributed by atoms with E-state index in [1.807, 2.05) is 6.20 Å². The summed E-state index contributed by atoms with van der Waals surface area (Å²) in [4.78, 5) is 2.16. The lowest BCUT2D eigenvalue weighted by molar-refractivity contribution is 0.361. The predicted molar refractivity (Wildman–Crippen MR) is 73.6 cm³/mol. The maximum Gasteiger partial charge on any atom is 0.160 e. The number of rotatable bonds is 5. The number of ether oxygens (including phenoxy) is 1. The molecule has 2 unspecified atom stereocenters. The first-order valence-electron chi connectivity index (χ1n) is 6.52. The minimum absolute atomic E-state index is 0.216. The fraction of sp³-hybridized carbons (Fsp3) is 0.769. The molecule has 0 amide bonds. The second kappa shape index (κ2) is 5.93. The molecule has 4 nitrogen and oxygen atoms in total. The van der Waals surface area contributed by atoms with Gasteiger partial charge in [0.05, 0.1) is 25.5 Å². The summed E-state index contributed by atoms with van der Waals surface area (Å²) in [5.41, 5.74) is 1.18. The fourth-order valence-corrected chi connectivity index (χ4v) is 3.00. The molecule has 2 atom stereocenters. The van der Waals surface area contributed by atoms with Crippen molar-refractivity contribution in [3.05, 3.63) is 11.9 Å². The summed E-state index contributed by atoms with van der Waals surface area (Å²) in [6.45, 7) is 1.85. The van der Waals surface area contributed by atoms with E-state index in [0.717, 1.165) is 31.7 Å². The van der Waals surface area contributed by atoms with Crippen molar-refractivity contribution in [2.24, 2.45) is 0 Å². The number of likely N-dealkylation sites (N-methyl/N-ethyl adjacent to an activating group) is 1. The minimum Gasteiger partial charge on any atom is -0.493 e. The van der Waals surface area contributed by atoms with Crippen molar-refractivity contribution in [2.45, 2.75) is 37.1 Å². The average Bonchev–Trinajstić information content (AvgIpc) is 2.91. The van der Waals surface area contributed by atoms with E-state index in [0.29, 0.717) is 5.92 Å². The quantitative estimate of drug-likeness (QED) is 0.770. The second-order valence-corrected chi connectivity index (χ2v) is 5.74. The molecule has 1 heterocycles. The Balaban J connectivity index is 2.21. The van der Waals surface area contributed by atoms with E-state index in [4.69, 9.17) is 16.3 Å². The number of alkyl halides is 1. The number of halogens is 1. The molecule has 5 heteroatoms. The first-order chi connectivity index (χ1) is 8.63. The van der Waals surface area contributed by atoms with Gasteiger partial charge in [0.15, 0.2) is 5.75 Å². The molecule has 0 spiro atoms. The molecule has 0 bridgehead atoms. The van der Waals surface area contributed by atoms with Crippen LogP contribution < -0.4 is 4.74 Å². The second-order valence-electron chi connectivity index (χ2n) is 5.18. The Bertz CT molecular complexity index is 392. The summed E-state index contributed by atoms with van der Waals surface area (Å²) in [7, 11) is 5.84. The Morgan fingerprint density at radius 3 is 2.83 bits per heavy atom. The Kier molecular flexibility index (Phi) is 4.51. The van der Waals surface area contributed by atoms with E-state index in [1.54, 1.807) is 7.11 Å². The summed E-state index contributed by atoms with van der Waals surface area (Å²) in [5, 5.41) is 4.66. The van der Waals surface area contributed by atoms with Crippen LogP contribution in [-0.4, -0.2) is 47.8 Å². The van der Waals surface area contributed by atoms with Crippen molar-refractivity contribution in [1.82, 2.24) is 14.7 Å². The molecule has 1 aromatic rings. The third kappa shape index (κ3) is 2.81. The molecule has 1 aromatic heterocycles. The standard InChI is InChI=1S/C13H22ClN3O/c1-16(2)7-8-17-13(12(18-3)9-15-17)10-5-4-6-11(10)14/h9-11H,4-8H2,1-3H3. The molecular formula is C13H22ClN3O. The lowest BCUT2D eigenvalue weighted by Gasteiger charge is -2.18. The highest BCUT2D eigenvalue weighted by Crippen LogP contribution is 2.41. The van der Waals surface area contributed by atoms with Gasteiger partial charge < -0.3 is 9.64 Å². The van der Waals surface area contributed by atoms with Gasteiger partial charge in [-0.3, -0.25) is 4.68 Å². The largest absolute Gasteiger partial charge is 0.493 e. The Labute approximate surface area is 114 Å². The van der Waals surface area contributed by atoms with Crippen molar-refractivity contribution in [3.8, 4) is 5.75 Å². The van der Waals surface area contributed by atoms with E-state index in [-0.39, 0.29) is 5.38 Å². The van der Waals surface area contributed by atoms with Gasteiger partial charge in [0, 0.05) is 17.8 Å². The van der Waals surface area contributed by atoms with E-state index in [9.17, 15) is 0 Å². The van der Waals surface area contributed by atoms with Crippen LogP contribution in [0.3, 0.4) is 0 Å². The normalized spacial score (nSPS) is 23.8. The maximum atomic E-state index is 6.43. The molecule has 0 radical (unpaired) electrons. The molecule has 18 heavy (non-hydrogen) atoms. The van der Waals surface area contributed by atoms with Crippen molar-refractivity contribution < 1.29 is 4.74 Å². The van der Waals surface area contributed by atoms with Gasteiger partial charge in [-0.05, 0) is 26.9 Å². The van der Waals surface area contributed by atoms with Crippen LogP contribution in [0.15, 0.2) is 6.20 Å². The molecule has 1 aliphatic carbocycles. The van der Waals surface area contributed by atoms with Gasteiger partial charge >= 0.3 is 0 Å². The first-order valence-corrected chi connectivity index (χ1v) is 6.95. The smallest absolute Gasteiger partial charge is 0.160 e. The minimum atomic E-state index is 0.216. The molecule has 102 valence electrons. The van der Waals surface area contributed by atoms with Gasteiger partial charge in [-0.2, -0.15) is 5.10 Å². The summed E-state index contributed by atoms with van der Waals surface area (Å²) in [6.07, 6.45) is 5.24. The van der Waals surface area contributed by atoms with Crippen LogP contribution in [0, 0.1) is 0 Å². The Morgan fingerprint density at radius 1 is 1.50 bits per heavy atom. The molecule has 0 aliphatic heterocycles.